The molecule has 0 bridgehead atoms. The SMILES string of the molecule is C=CC(=O)OCC(O)CO.C=Cc1ccccc1.CN(C)C. The molecule has 0 saturated carbocycles. The molecule has 0 heterocycles. The van der Waals surface area contributed by atoms with Crippen LogP contribution in [0.25, 0.3) is 6.08 Å². The molecule has 0 spiro atoms. The minimum atomic E-state index is -0.996. The summed E-state index contributed by atoms with van der Waals surface area (Å²) >= 11 is 0. The molecule has 0 aliphatic heterocycles. The molecule has 0 radical (unpaired) electrons. The van der Waals surface area contributed by atoms with Crippen LogP contribution in [-0.2, 0) is 9.53 Å². The fourth-order valence-corrected chi connectivity index (χ4v) is 0.879. The molecule has 0 aliphatic carbocycles. The molecule has 124 valence electrons. The van der Waals surface area contributed by atoms with Gasteiger partial charge in [-0.1, -0.05) is 49.6 Å². The first-order chi connectivity index (χ1) is 10.4. The third-order valence-electron chi connectivity index (χ3n) is 1.83. The highest BCUT2D eigenvalue weighted by Crippen LogP contribution is 1.97. The molecule has 0 fully saturated rings. The van der Waals surface area contributed by atoms with E-state index in [1.54, 1.807) is 0 Å². The molecule has 1 unspecified atom stereocenters. The summed E-state index contributed by atoms with van der Waals surface area (Å²) in [5.41, 5.74) is 1.17. The third-order valence-corrected chi connectivity index (χ3v) is 1.83. The number of rotatable bonds is 5. The van der Waals surface area contributed by atoms with E-state index in [-0.39, 0.29) is 6.61 Å². The van der Waals surface area contributed by atoms with Gasteiger partial charge in [-0.05, 0) is 26.7 Å². The standard InChI is InChI=1S/C8H8.C6H10O4.C3H9N/c1-2-8-6-4-3-5-7-8;1-2-6(9)10-4-5(8)3-7;1-4(2)3/h2-7H,1H2;2,5,7-8H,1,3-4H2;1-3H3. The summed E-state index contributed by atoms with van der Waals surface area (Å²) in [6.07, 6.45) is 1.83. The lowest BCUT2D eigenvalue weighted by atomic mass is 10.2. The highest BCUT2D eigenvalue weighted by Gasteiger charge is 2.03. The maximum absolute atomic E-state index is 10.3. The highest BCUT2D eigenvalue weighted by molar-refractivity contribution is 5.81. The Hall–Kier alpha value is -1.95. The van der Waals surface area contributed by atoms with Crippen molar-refractivity contribution in [2.45, 2.75) is 6.10 Å². The second-order valence-corrected chi connectivity index (χ2v) is 4.63. The number of hydrogen-bond acceptors (Lipinski definition) is 5. The molecule has 1 atom stereocenters. The number of esters is 1. The Morgan fingerprint density at radius 1 is 1.27 bits per heavy atom. The monoisotopic (exact) mass is 309 g/mol. The van der Waals surface area contributed by atoms with Crippen LogP contribution in [-0.4, -0.2) is 61.5 Å². The van der Waals surface area contributed by atoms with Crippen LogP contribution >= 0.6 is 0 Å². The predicted octanol–water partition coefficient (Wildman–Crippen LogP) is 1.58. The number of hydrogen-bond donors (Lipinski definition) is 2. The lowest BCUT2D eigenvalue weighted by Gasteiger charge is -2.05. The minimum absolute atomic E-state index is 0.193. The summed E-state index contributed by atoms with van der Waals surface area (Å²) in [4.78, 5) is 12.3. The van der Waals surface area contributed by atoms with Gasteiger partial charge in [-0.15, -0.1) is 0 Å². The van der Waals surface area contributed by atoms with E-state index in [0.717, 1.165) is 6.08 Å². The van der Waals surface area contributed by atoms with Gasteiger partial charge in [0, 0.05) is 6.08 Å². The molecular weight excluding hydrogens is 282 g/mol. The second kappa shape index (κ2) is 15.4. The Balaban J connectivity index is 0. The van der Waals surface area contributed by atoms with Crippen molar-refractivity contribution in [1.29, 1.82) is 0 Å². The van der Waals surface area contributed by atoms with Crippen LogP contribution in [0.2, 0.25) is 0 Å². The lowest BCUT2D eigenvalue weighted by molar-refractivity contribution is -0.141. The van der Waals surface area contributed by atoms with E-state index in [9.17, 15) is 4.79 Å². The maximum atomic E-state index is 10.3. The van der Waals surface area contributed by atoms with E-state index in [1.165, 1.54) is 5.56 Å². The summed E-state index contributed by atoms with van der Waals surface area (Å²) in [5.74, 6) is -0.604. The first-order valence-electron chi connectivity index (χ1n) is 6.73. The van der Waals surface area contributed by atoms with Crippen LogP contribution in [0.4, 0.5) is 0 Å². The topological polar surface area (TPSA) is 70.0 Å². The van der Waals surface area contributed by atoms with E-state index in [2.05, 4.69) is 17.9 Å². The summed E-state index contributed by atoms with van der Waals surface area (Å²) in [5, 5.41) is 16.9. The van der Waals surface area contributed by atoms with Crippen LogP contribution in [0, 0.1) is 0 Å². The van der Waals surface area contributed by atoms with Gasteiger partial charge < -0.3 is 19.8 Å². The molecule has 1 aromatic rings. The van der Waals surface area contributed by atoms with Crippen LogP contribution in [0.1, 0.15) is 5.56 Å². The van der Waals surface area contributed by atoms with Crippen molar-refractivity contribution in [2.75, 3.05) is 34.4 Å². The van der Waals surface area contributed by atoms with Gasteiger partial charge in [-0.25, -0.2) is 4.79 Å². The lowest BCUT2D eigenvalue weighted by Crippen LogP contribution is -2.21. The Kier molecular flexibility index (Phi) is 15.7. The van der Waals surface area contributed by atoms with Crippen molar-refractivity contribution in [2.24, 2.45) is 0 Å². The number of aliphatic hydroxyl groups is 2. The van der Waals surface area contributed by atoms with Crippen LogP contribution in [0.5, 0.6) is 0 Å². The quantitative estimate of drug-likeness (QED) is 0.638. The summed E-state index contributed by atoms with van der Waals surface area (Å²) in [6, 6.07) is 10.0. The Morgan fingerprint density at radius 3 is 2.09 bits per heavy atom. The van der Waals surface area contributed by atoms with Gasteiger partial charge in [0.1, 0.15) is 12.7 Å². The fourth-order valence-electron chi connectivity index (χ4n) is 0.879. The fraction of sp³-hybridized carbons (Fsp3) is 0.353. The molecular formula is C17H27NO4. The van der Waals surface area contributed by atoms with Gasteiger partial charge >= 0.3 is 5.97 Å². The van der Waals surface area contributed by atoms with Gasteiger partial charge in [0.2, 0.25) is 0 Å². The van der Waals surface area contributed by atoms with E-state index in [4.69, 9.17) is 10.2 Å². The van der Waals surface area contributed by atoms with Gasteiger partial charge in [0.15, 0.2) is 0 Å². The van der Waals surface area contributed by atoms with Gasteiger partial charge in [-0.2, -0.15) is 0 Å². The number of carbonyl (C=O) groups is 1. The van der Waals surface area contributed by atoms with Crippen LogP contribution in [0.15, 0.2) is 49.6 Å². The van der Waals surface area contributed by atoms with Gasteiger partial charge in [0.25, 0.3) is 0 Å². The summed E-state index contributed by atoms with van der Waals surface area (Å²) < 4.78 is 4.38. The average molecular weight is 309 g/mol. The number of nitrogens with zero attached hydrogens (tertiary/aromatic N) is 1. The molecule has 5 heteroatoms. The van der Waals surface area contributed by atoms with Crippen molar-refractivity contribution in [3.63, 3.8) is 0 Å². The highest BCUT2D eigenvalue weighted by atomic mass is 16.5. The number of carbonyl (C=O) groups excluding carboxylic acids is 1. The molecule has 1 aromatic carbocycles. The zero-order valence-corrected chi connectivity index (χ0v) is 13.6. The van der Waals surface area contributed by atoms with Crippen molar-refractivity contribution in [3.8, 4) is 0 Å². The molecule has 0 amide bonds. The number of ether oxygens (including phenoxy) is 1. The Labute approximate surface area is 133 Å². The molecule has 22 heavy (non-hydrogen) atoms. The smallest absolute Gasteiger partial charge is 0.330 e. The van der Waals surface area contributed by atoms with Crippen LogP contribution < -0.4 is 0 Å². The van der Waals surface area contributed by atoms with E-state index in [1.807, 2.05) is 62.5 Å². The normalized spacial score (nSPS) is 10.3. The number of benzene rings is 1. The van der Waals surface area contributed by atoms with E-state index < -0.39 is 18.7 Å². The molecule has 0 aromatic heterocycles. The molecule has 5 nitrogen and oxygen atoms in total. The van der Waals surface area contributed by atoms with Gasteiger partial charge in [0.05, 0.1) is 6.61 Å². The number of aliphatic hydroxyl groups excluding tert-OH is 2. The maximum Gasteiger partial charge on any atom is 0.330 e. The Morgan fingerprint density at radius 2 is 1.77 bits per heavy atom. The van der Waals surface area contributed by atoms with Crippen molar-refractivity contribution in [3.05, 3.63) is 55.1 Å². The molecule has 0 aliphatic rings. The van der Waals surface area contributed by atoms with Crippen LogP contribution in [0.3, 0.4) is 0 Å². The van der Waals surface area contributed by atoms with E-state index in [0.29, 0.717) is 0 Å². The predicted molar refractivity (Wildman–Crippen MR) is 90.4 cm³/mol. The first-order valence-corrected chi connectivity index (χ1v) is 6.73. The Bertz CT molecular complexity index is 402. The van der Waals surface area contributed by atoms with E-state index >= 15 is 0 Å². The average Bonchev–Trinajstić information content (AvgIpc) is 2.53. The summed E-state index contributed by atoms with van der Waals surface area (Å²) in [6.45, 7) is 6.17. The summed E-state index contributed by atoms with van der Waals surface area (Å²) in [7, 11) is 6.00. The van der Waals surface area contributed by atoms with Crippen molar-refractivity contribution < 1.29 is 19.7 Å². The first kappa shape index (κ1) is 22.3. The zero-order valence-electron chi connectivity index (χ0n) is 13.6. The van der Waals surface area contributed by atoms with Gasteiger partial charge in [-0.3, -0.25) is 0 Å². The van der Waals surface area contributed by atoms with Crippen molar-refractivity contribution >= 4 is 12.0 Å². The van der Waals surface area contributed by atoms with Crippen molar-refractivity contribution in [1.82, 2.24) is 4.90 Å². The minimum Gasteiger partial charge on any atom is -0.460 e. The molecule has 2 N–H and O–H groups in total. The third kappa shape index (κ3) is 18.0. The second-order valence-electron chi connectivity index (χ2n) is 4.63. The largest absolute Gasteiger partial charge is 0.460 e. The zero-order chi connectivity index (χ0) is 17.4. The molecule has 1 rings (SSSR count). The molecule has 0 saturated heterocycles.